The van der Waals surface area contributed by atoms with Crippen LogP contribution < -0.4 is 10.6 Å². The molecule has 0 radical (unpaired) electrons. The molecule has 20 heavy (non-hydrogen) atoms. The number of alkyl halides is 3. The zero-order chi connectivity index (χ0) is 14.8. The maximum Gasteiger partial charge on any atom is 0.416 e. The second-order valence-corrected chi connectivity index (χ2v) is 5.00. The Balaban J connectivity index is 2.26. The molecule has 2 N–H and O–H groups in total. The molecule has 0 aliphatic carbocycles. The number of hydrogen-bond donors (Lipinski definition) is 1. The van der Waals surface area contributed by atoms with Crippen molar-refractivity contribution in [2.24, 2.45) is 5.73 Å². The van der Waals surface area contributed by atoms with Gasteiger partial charge >= 0.3 is 6.18 Å². The Labute approximate surface area is 116 Å². The monoisotopic (exact) mass is 288 g/mol. The Morgan fingerprint density at radius 1 is 1.30 bits per heavy atom. The lowest BCUT2D eigenvalue weighted by molar-refractivity contribution is -0.137. The maximum absolute atomic E-state index is 12.7. The van der Waals surface area contributed by atoms with Gasteiger partial charge in [0.2, 0.25) is 0 Å². The summed E-state index contributed by atoms with van der Waals surface area (Å²) in [5, 5.41) is 0. The van der Waals surface area contributed by atoms with Crippen LogP contribution in [0.4, 0.5) is 18.9 Å². The van der Waals surface area contributed by atoms with Crippen molar-refractivity contribution < 1.29 is 17.9 Å². The molecule has 0 aromatic heterocycles. The molecule has 0 atom stereocenters. The summed E-state index contributed by atoms with van der Waals surface area (Å²) in [6, 6.07) is 4.06. The van der Waals surface area contributed by atoms with Crippen molar-refractivity contribution in [2.75, 3.05) is 25.2 Å². The van der Waals surface area contributed by atoms with Gasteiger partial charge in [-0.25, -0.2) is 0 Å². The third-order valence-corrected chi connectivity index (χ3v) is 3.75. The standard InChI is InChI=1S/C14H19F3N2O/c1-19(12-4-6-20-7-5-12)13-3-2-11(14(15,16)17)8-10(13)9-18/h2-3,8,12H,4-7,9,18H2,1H3. The lowest BCUT2D eigenvalue weighted by atomic mass is 10.0. The molecule has 1 aromatic rings. The van der Waals surface area contributed by atoms with E-state index in [-0.39, 0.29) is 12.6 Å². The molecule has 112 valence electrons. The number of anilines is 1. The Morgan fingerprint density at radius 3 is 2.50 bits per heavy atom. The van der Waals surface area contributed by atoms with Crippen LogP contribution in [0.15, 0.2) is 18.2 Å². The Bertz CT molecular complexity index is 456. The van der Waals surface area contributed by atoms with Crippen molar-refractivity contribution >= 4 is 5.69 Å². The molecule has 1 saturated heterocycles. The summed E-state index contributed by atoms with van der Waals surface area (Å²) in [6.45, 7) is 1.47. The highest BCUT2D eigenvalue weighted by atomic mass is 19.4. The summed E-state index contributed by atoms with van der Waals surface area (Å²) in [5.41, 5.74) is 6.25. The van der Waals surface area contributed by atoms with E-state index in [1.54, 1.807) is 0 Å². The molecule has 0 unspecified atom stereocenters. The summed E-state index contributed by atoms with van der Waals surface area (Å²) in [7, 11) is 1.90. The first-order chi connectivity index (χ1) is 9.43. The first-order valence-electron chi connectivity index (χ1n) is 6.64. The van der Waals surface area contributed by atoms with E-state index in [2.05, 4.69) is 0 Å². The highest BCUT2D eigenvalue weighted by Gasteiger charge is 2.31. The van der Waals surface area contributed by atoms with E-state index in [9.17, 15) is 13.2 Å². The van der Waals surface area contributed by atoms with E-state index < -0.39 is 11.7 Å². The molecule has 1 heterocycles. The fraction of sp³-hybridized carbons (Fsp3) is 0.571. The summed E-state index contributed by atoms with van der Waals surface area (Å²) >= 11 is 0. The van der Waals surface area contributed by atoms with E-state index >= 15 is 0 Å². The van der Waals surface area contributed by atoms with Crippen LogP contribution in [0.5, 0.6) is 0 Å². The molecule has 0 bridgehead atoms. The minimum Gasteiger partial charge on any atom is -0.381 e. The summed E-state index contributed by atoms with van der Waals surface area (Å²) in [5.74, 6) is 0. The second-order valence-electron chi connectivity index (χ2n) is 5.00. The van der Waals surface area contributed by atoms with Gasteiger partial charge in [0.1, 0.15) is 0 Å². The smallest absolute Gasteiger partial charge is 0.381 e. The van der Waals surface area contributed by atoms with Crippen molar-refractivity contribution in [3.05, 3.63) is 29.3 Å². The zero-order valence-electron chi connectivity index (χ0n) is 11.4. The number of halogens is 3. The lowest BCUT2D eigenvalue weighted by Gasteiger charge is -2.34. The molecule has 0 amide bonds. The fourth-order valence-electron chi connectivity index (χ4n) is 2.54. The van der Waals surface area contributed by atoms with Crippen molar-refractivity contribution in [3.63, 3.8) is 0 Å². The molecular formula is C14H19F3N2O. The third-order valence-electron chi connectivity index (χ3n) is 3.75. The largest absolute Gasteiger partial charge is 0.416 e. The van der Waals surface area contributed by atoms with Gasteiger partial charge in [0.15, 0.2) is 0 Å². The summed E-state index contributed by atoms with van der Waals surface area (Å²) in [4.78, 5) is 2.02. The first-order valence-corrected chi connectivity index (χ1v) is 6.64. The number of nitrogens with zero attached hydrogens (tertiary/aromatic N) is 1. The van der Waals surface area contributed by atoms with Crippen LogP contribution in [-0.4, -0.2) is 26.3 Å². The Morgan fingerprint density at radius 2 is 1.95 bits per heavy atom. The minimum atomic E-state index is -4.33. The van der Waals surface area contributed by atoms with Gasteiger partial charge < -0.3 is 15.4 Å². The second kappa shape index (κ2) is 6.01. The molecule has 0 spiro atoms. The third kappa shape index (κ3) is 3.24. The fourth-order valence-corrected chi connectivity index (χ4v) is 2.54. The van der Waals surface area contributed by atoms with Crippen LogP contribution in [-0.2, 0) is 17.5 Å². The average molecular weight is 288 g/mol. The van der Waals surface area contributed by atoms with Crippen LogP contribution in [0.1, 0.15) is 24.0 Å². The van der Waals surface area contributed by atoms with Crippen molar-refractivity contribution in [2.45, 2.75) is 31.6 Å². The number of benzene rings is 1. The van der Waals surface area contributed by atoms with Gasteiger partial charge in [0.25, 0.3) is 0 Å². The van der Waals surface area contributed by atoms with Crippen molar-refractivity contribution in [3.8, 4) is 0 Å². The van der Waals surface area contributed by atoms with Crippen LogP contribution in [0, 0.1) is 0 Å². The molecule has 2 rings (SSSR count). The predicted octanol–water partition coefficient (Wildman–Crippen LogP) is 2.78. The van der Waals surface area contributed by atoms with Gasteiger partial charge in [-0.05, 0) is 36.6 Å². The number of nitrogens with two attached hydrogens (primary N) is 1. The summed E-state index contributed by atoms with van der Waals surface area (Å²) in [6.07, 6.45) is -2.58. The van der Waals surface area contributed by atoms with E-state index in [0.717, 1.165) is 30.7 Å². The first kappa shape index (κ1) is 15.1. The molecule has 6 heteroatoms. The van der Waals surface area contributed by atoms with Crippen LogP contribution >= 0.6 is 0 Å². The molecule has 0 saturated carbocycles. The maximum atomic E-state index is 12.7. The number of ether oxygens (including phenoxy) is 1. The van der Waals surface area contributed by atoms with E-state index in [1.807, 2.05) is 11.9 Å². The highest BCUT2D eigenvalue weighted by Crippen LogP contribution is 2.33. The van der Waals surface area contributed by atoms with Gasteiger partial charge in [-0.1, -0.05) is 0 Å². The van der Waals surface area contributed by atoms with E-state index in [1.165, 1.54) is 6.07 Å². The Kier molecular flexibility index (Phi) is 4.55. The molecule has 3 nitrogen and oxygen atoms in total. The van der Waals surface area contributed by atoms with Crippen LogP contribution in [0.3, 0.4) is 0 Å². The number of hydrogen-bond acceptors (Lipinski definition) is 3. The van der Waals surface area contributed by atoms with Crippen molar-refractivity contribution in [1.29, 1.82) is 0 Å². The topological polar surface area (TPSA) is 38.5 Å². The normalized spacial score (nSPS) is 17.2. The molecule has 1 aliphatic heterocycles. The highest BCUT2D eigenvalue weighted by molar-refractivity contribution is 5.55. The Hall–Kier alpha value is -1.27. The van der Waals surface area contributed by atoms with E-state index in [0.29, 0.717) is 18.8 Å². The molecule has 1 aromatic carbocycles. The van der Waals surface area contributed by atoms with E-state index in [4.69, 9.17) is 10.5 Å². The molecular weight excluding hydrogens is 269 g/mol. The average Bonchev–Trinajstić information content (AvgIpc) is 2.45. The van der Waals surface area contributed by atoms with Gasteiger partial charge in [-0.2, -0.15) is 13.2 Å². The van der Waals surface area contributed by atoms with Gasteiger partial charge in [-0.15, -0.1) is 0 Å². The van der Waals surface area contributed by atoms with Crippen LogP contribution in [0.25, 0.3) is 0 Å². The summed E-state index contributed by atoms with van der Waals surface area (Å²) < 4.78 is 43.5. The molecule has 1 fully saturated rings. The molecule has 1 aliphatic rings. The minimum absolute atomic E-state index is 0.0901. The van der Waals surface area contributed by atoms with Gasteiger partial charge in [0, 0.05) is 38.5 Å². The quantitative estimate of drug-likeness (QED) is 0.929. The van der Waals surface area contributed by atoms with Gasteiger partial charge in [0.05, 0.1) is 5.56 Å². The van der Waals surface area contributed by atoms with Crippen molar-refractivity contribution in [1.82, 2.24) is 0 Å². The van der Waals surface area contributed by atoms with Crippen LogP contribution in [0.2, 0.25) is 0 Å². The van der Waals surface area contributed by atoms with Gasteiger partial charge in [-0.3, -0.25) is 0 Å². The zero-order valence-corrected chi connectivity index (χ0v) is 11.4. The SMILES string of the molecule is CN(c1ccc(C(F)(F)F)cc1CN)C1CCOCC1. The predicted molar refractivity (Wildman–Crippen MR) is 71.6 cm³/mol. The number of rotatable bonds is 3. The lowest BCUT2D eigenvalue weighted by Crippen LogP contribution is -2.37.